The van der Waals surface area contributed by atoms with Crippen molar-refractivity contribution in [2.75, 3.05) is 6.54 Å². The van der Waals surface area contributed by atoms with E-state index in [0.717, 1.165) is 0 Å². The Hall–Kier alpha value is 1.40. The van der Waals surface area contributed by atoms with E-state index in [1.807, 2.05) is 0 Å². The molecule has 0 aromatic rings. The standard InChI is InChI=1S/C7H16N.Ac/c1-6(5-8)7(2,3)4;/h6,8H,5H2,1-4H3;/q-1;. The summed E-state index contributed by atoms with van der Waals surface area (Å²) in [5, 5.41) is 0. The molecule has 0 fully saturated rings. The van der Waals surface area contributed by atoms with Crippen LogP contribution in [0, 0.1) is 55.4 Å². The van der Waals surface area contributed by atoms with Crippen molar-refractivity contribution in [2.45, 2.75) is 27.7 Å². The topological polar surface area (TPSA) is 23.8 Å². The first kappa shape index (κ1) is 13.0. The van der Waals surface area contributed by atoms with E-state index in [9.17, 15) is 0 Å². The second kappa shape index (κ2) is 5.10. The van der Waals surface area contributed by atoms with Crippen LogP contribution in [0.15, 0.2) is 0 Å². The third kappa shape index (κ3) is 5.83. The molecule has 1 N–H and O–H groups in total. The van der Waals surface area contributed by atoms with Gasteiger partial charge >= 0.3 is 0 Å². The van der Waals surface area contributed by atoms with Crippen molar-refractivity contribution >= 4 is 0 Å². The summed E-state index contributed by atoms with van der Waals surface area (Å²) < 4.78 is 0. The molecular formula is C7H16AcN-. The summed E-state index contributed by atoms with van der Waals surface area (Å²) in [6.07, 6.45) is 0. The summed E-state index contributed by atoms with van der Waals surface area (Å²) in [6.45, 7) is 9.18. The Balaban J connectivity index is 0. The van der Waals surface area contributed by atoms with Gasteiger partial charge in [0.25, 0.3) is 0 Å². The molecule has 53 valence electrons. The Bertz CT molecular complexity index is 65.8. The molecule has 0 aromatic heterocycles. The molecule has 0 aliphatic carbocycles. The molecule has 0 saturated carbocycles. The summed E-state index contributed by atoms with van der Waals surface area (Å²) in [6, 6.07) is 0. The average Bonchev–Trinajstić information content (AvgIpc) is 1.62. The van der Waals surface area contributed by atoms with Crippen molar-refractivity contribution in [3.63, 3.8) is 0 Å². The van der Waals surface area contributed by atoms with E-state index in [4.69, 9.17) is 5.73 Å². The molecule has 0 heterocycles. The van der Waals surface area contributed by atoms with Gasteiger partial charge in [0.1, 0.15) is 0 Å². The van der Waals surface area contributed by atoms with Crippen LogP contribution in [-0.2, 0) is 0 Å². The van der Waals surface area contributed by atoms with Gasteiger partial charge in [0, 0.05) is 44.1 Å². The predicted molar refractivity (Wildman–Crippen MR) is 37.8 cm³/mol. The fourth-order valence-electron chi connectivity index (χ4n) is 0.306. The molecule has 0 aliphatic heterocycles. The molecule has 1 atom stereocenters. The molecule has 0 saturated heterocycles. The van der Waals surface area contributed by atoms with Crippen molar-refractivity contribution in [1.82, 2.24) is 0 Å². The summed E-state index contributed by atoms with van der Waals surface area (Å²) >= 11 is 0. The molecule has 1 unspecified atom stereocenters. The van der Waals surface area contributed by atoms with Gasteiger partial charge in [-0.2, -0.15) is 0 Å². The number of hydrogen-bond acceptors (Lipinski definition) is 0. The van der Waals surface area contributed by atoms with E-state index in [-0.39, 0.29) is 44.1 Å². The third-order valence-electron chi connectivity index (χ3n) is 1.78. The minimum atomic E-state index is 0. The van der Waals surface area contributed by atoms with Crippen LogP contribution in [0.5, 0.6) is 0 Å². The van der Waals surface area contributed by atoms with Gasteiger partial charge in [0.05, 0.1) is 0 Å². The molecular weight excluding hydrogens is 325 g/mol. The Morgan fingerprint density at radius 3 is 1.67 bits per heavy atom. The van der Waals surface area contributed by atoms with Crippen molar-refractivity contribution in [2.24, 2.45) is 11.3 Å². The minimum Gasteiger partial charge on any atom is -0.677 e. The van der Waals surface area contributed by atoms with Crippen LogP contribution in [0.1, 0.15) is 27.7 Å². The first-order valence-corrected chi connectivity index (χ1v) is 3.13. The maximum absolute atomic E-state index is 7.06. The molecule has 0 rings (SSSR count). The van der Waals surface area contributed by atoms with Gasteiger partial charge in [-0.05, 0) is 5.41 Å². The van der Waals surface area contributed by atoms with Crippen LogP contribution in [0.4, 0.5) is 0 Å². The smallest absolute Gasteiger partial charge is 0 e. The van der Waals surface area contributed by atoms with Crippen LogP contribution in [0.25, 0.3) is 5.73 Å². The van der Waals surface area contributed by atoms with Gasteiger partial charge in [-0.1, -0.05) is 33.6 Å². The monoisotopic (exact) mass is 341 g/mol. The average molecular weight is 341 g/mol. The Kier molecular flexibility index (Phi) is 7.39. The quantitative estimate of drug-likeness (QED) is 0.700. The fraction of sp³-hybridized carbons (Fsp3) is 1.00. The minimum absolute atomic E-state index is 0. The molecule has 1 radical (unpaired) electrons. The van der Waals surface area contributed by atoms with E-state index in [0.29, 0.717) is 17.9 Å². The molecule has 0 spiro atoms. The van der Waals surface area contributed by atoms with E-state index >= 15 is 0 Å². The van der Waals surface area contributed by atoms with Crippen LogP contribution < -0.4 is 0 Å². The van der Waals surface area contributed by atoms with Crippen molar-refractivity contribution < 1.29 is 44.1 Å². The van der Waals surface area contributed by atoms with E-state index < -0.39 is 0 Å². The zero-order valence-corrected chi connectivity index (χ0v) is 11.6. The van der Waals surface area contributed by atoms with Gasteiger partial charge < -0.3 is 5.73 Å². The summed E-state index contributed by atoms with van der Waals surface area (Å²) in [5.41, 5.74) is 7.39. The summed E-state index contributed by atoms with van der Waals surface area (Å²) in [5.74, 6) is 0.516. The predicted octanol–water partition coefficient (Wildman–Crippen LogP) is 2.72. The fourth-order valence-corrected chi connectivity index (χ4v) is 0.306. The van der Waals surface area contributed by atoms with Gasteiger partial charge in [-0.15, -0.1) is 6.54 Å². The Morgan fingerprint density at radius 1 is 1.33 bits per heavy atom. The van der Waals surface area contributed by atoms with Crippen LogP contribution >= 0.6 is 0 Å². The normalized spacial score (nSPS) is 14.3. The Labute approximate surface area is 94.3 Å². The molecule has 0 bridgehead atoms. The van der Waals surface area contributed by atoms with E-state index in [1.165, 1.54) is 0 Å². The second-order valence-corrected chi connectivity index (χ2v) is 3.47. The first-order valence-electron chi connectivity index (χ1n) is 3.13. The van der Waals surface area contributed by atoms with Gasteiger partial charge in [0.15, 0.2) is 0 Å². The maximum Gasteiger partial charge on any atom is 0 e. The summed E-state index contributed by atoms with van der Waals surface area (Å²) in [7, 11) is 0. The van der Waals surface area contributed by atoms with Gasteiger partial charge in [-0.3, -0.25) is 0 Å². The summed E-state index contributed by atoms with van der Waals surface area (Å²) in [4.78, 5) is 0. The van der Waals surface area contributed by atoms with Crippen LogP contribution in [0.3, 0.4) is 0 Å². The number of hydrogen-bond donors (Lipinski definition) is 0. The van der Waals surface area contributed by atoms with Crippen molar-refractivity contribution in [3.8, 4) is 0 Å². The molecule has 1 nitrogen and oxygen atoms in total. The SMILES string of the molecule is CC(C[NH-])C(C)(C)C.[Ac]. The zero-order chi connectivity index (χ0) is 6.78. The van der Waals surface area contributed by atoms with Crippen LogP contribution in [-0.4, -0.2) is 6.54 Å². The van der Waals surface area contributed by atoms with Crippen molar-refractivity contribution in [1.29, 1.82) is 0 Å². The Morgan fingerprint density at radius 2 is 1.67 bits per heavy atom. The molecule has 0 amide bonds. The van der Waals surface area contributed by atoms with Crippen LogP contribution in [0.2, 0.25) is 0 Å². The van der Waals surface area contributed by atoms with E-state index in [1.54, 1.807) is 0 Å². The van der Waals surface area contributed by atoms with Gasteiger partial charge in [0.2, 0.25) is 0 Å². The zero-order valence-electron chi connectivity index (χ0n) is 6.86. The number of nitrogens with one attached hydrogen (secondary N) is 1. The molecule has 0 aliphatic rings. The molecule has 0 aromatic carbocycles. The van der Waals surface area contributed by atoms with E-state index in [2.05, 4.69) is 27.7 Å². The second-order valence-electron chi connectivity index (χ2n) is 3.47. The van der Waals surface area contributed by atoms with Gasteiger partial charge in [-0.25, -0.2) is 0 Å². The maximum atomic E-state index is 7.06. The first-order chi connectivity index (χ1) is 3.48. The molecule has 2 heteroatoms. The van der Waals surface area contributed by atoms with Crippen molar-refractivity contribution in [3.05, 3.63) is 5.73 Å². The number of rotatable bonds is 1. The molecule has 9 heavy (non-hydrogen) atoms. The third-order valence-corrected chi connectivity index (χ3v) is 1.78. The largest absolute Gasteiger partial charge is 0.677 e.